The minimum Gasteiger partial charge on any atom is -0.379 e. The predicted molar refractivity (Wildman–Crippen MR) is 85.4 cm³/mol. The normalized spacial score (nSPS) is 15.7. The Morgan fingerprint density at radius 2 is 2.05 bits per heavy atom. The van der Waals surface area contributed by atoms with Crippen molar-refractivity contribution >= 4 is 34.9 Å². The van der Waals surface area contributed by atoms with E-state index < -0.39 is 0 Å². The van der Waals surface area contributed by atoms with Crippen LogP contribution in [-0.4, -0.2) is 50.3 Å². The van der Waals surface area contributed by atoms with Crippen LogP contribution in [0.3, 0.4) is 0 Å². The van der Waals surface area contributed by atoms with E-state index in [2.05, 4.69) is 15.5 Å². The Labute approximate surface area is 134 Å². The van der Waals surface area contributed by atoms with Gasteiger partial charge < -0.3 is 15.4 Å². The number of rotatable bonds is 5. The van der Waals surface area contributed by atoms with Crippen LogP contribution in [0.15, 0.2) is 18.2 Å². The molecule has 0 radical (unpaired) electrons. The highest BCUT2D eigenvalue weighted by Gasteiger charge is 2.10. The zero-order valence-electron chi connectivity index (χ0n) is 11.7. The molecule has 1 aromatic rings. The van der Waals surface area contributed by atoms with Gasteiger partial charge in [-0.2, -0.15) is 0 Å². The van der Waals surface area contributed by atoms with Crippen LogP contribution in [0.5, 0.6) is 0 Å². The molecule has 0 bridgehead atoms. The average molecular weight is 332 g/mol. The molecule has 21 heavy (non-hydrogen) atoms. The number of hydrogen-bond acceptors (Lipinski definition) is 3. The molecule has 7 heteroatoms. The van der Waals surface area contributed by atoms with Gasteiger partial charge in [-0.3, -0.25) is 4.90 Å². The maximum atomic E-state index is 11.8. The minimum atomic E-state index is -0.277. The van der Waals surface area contributed by atoms with Gasteiger partial charge in [0.05, 0.1) is 23.9 Å². The molecule has 0 atom stereocenters. The largest absolute Gasteiger partial charge is 0.379 e. The number of carbonyl (C=O) groups excluding carboxylic acids is 1. The Morgan fingerprint density at radius 1 is 1.29 bits per heavy atom. The number of carbonyl (C=O) groups is 1. The minimum absolute atomic E-state index is 0.277. The van der Waals surface area contributed by atoms with Crippen molar-refractivity contribution in [2.24, 2.45) is 0 Å². The van der Waals surface area contributed by atoms with Gasteiger partial charge >= 0.3 is 6.03 Å². The van der Waals surface area contributed by atoms with E-state index in [-0.39, 0.29) is 6.03 Å². The smallest absolute Gasteiger partial charge is 0.319 e. The van der Waals surface area contributed by atoms with Crippen molar-refractivity contribution in [1.82, 2.24) is 10.2 Å². The van der Waals surface area contributed by atoms with Gasteiger partial charge in [0.1, 0.15) is 0 Å². The number of hydrogen-bond donors (Lipinski definition) is 2. The summed E-state index contributed by atoms with van der Waals surface area (Å²) in [5.41, 5.74) is 0.509. The lowest BCUT2D eigenvalue weighted by Crippen LogP contribution is -2.38. The SMILES string of the molecule is O=C(NCCCN1CCOCC1)Nc1cc(Cl)ccc1Cl. The number of halogens is 2. The molecular formula is C14H19Cl2N3O2. The molecule has 116 valence electrons. The first-order valence-corrected chi connectivity index (χ1v) is 7.71. The van der Waals surface area contributed by atoms with Crippen LogP contribution in [0.25, 0.3) is 0 Å². The molecule has 0 unspecified atom stereocenters. The van der Waals surface area contributed by atoms with E-state index in [0.717, 1.165) is 39.3 Å². The summed E-state index contributed by atoms with van der Waals surface area (Å²) >= 11 is 11.9. The molecule has 1 aliphatic rings. The fourth-order valence-corrected chi connectivity index (χ4v) is 2.43. The lowest BCUT2D eigenvalue weighted by molar-refractivity contribution is 0.0375. The number of benzene rings is 1. The van der Waals surface area contributed by atoms with Gasteiger partial charge in [0, 0.05) is 24.7 Å². The molecule has 0 aromatic heterocycles. The second kappa shape index (κ2) is 8.44. The van der Waals surface area contributed by atoms with Crippen molar-refractivity contribution < 1.29 is 9.53 Å². The maximum Gasteiger partial charge on any atom is 0.319 e. The fourth-order valence-electron chi connectivity index (χ4n) is 2.09. The summed E-state index contributed by atoms with van der Waals surface area (Å²) in [5, 5.41) is 6.49. The van der Waals surface area contributed by atoms with Crippen LogP contribution >= 0.6 is 23.2 Å². The third-order valence-corrected chi connectivity index (χ3v) is 3.78. The van der Waals surface area contributed by atoms with Crippen LogP contribution < -0.4 is 10.6 Å². The van der Waals surface area contributed by atoms with Crippen molar-refractivity contribution in [3.05, 3.63) is 28.2 Å². The maximum absolute atomic E-state index is 11.8. The van der Waals surface area contributed by atoms with Crippen LogP contribution in [0.1, 0.15) is 6.42 Å². The topological polar surface area (TPSA) is 53.6 Å². The van der Waals surface area contributed by atoms with E-state index in [1.165, 1.54) is 0 Å². The third kappa shape index (κ3) is 5.71. The Bertz CT molecular complexity index is 479. The number of morpholine rings is 1. The van der Waals surface area contributed by atoms with Gasteiger partial charge in [-0.1, -0.05) is 23.2 Å². The second-order valence-electron chi connectivity index (χ2n) is 4.81. The number of nitrogens with one attached hydrogen (secondary N) is 2. The van der Waals surface area contributed by atoms with Gasteiger partial charge in [0.25, 0.3) is 0 Å². The number of anilines is 1. The summed E-state index contributed by atoms with van der Waals surface area (Å²) in [6.45, 7) is 5.08. The van der Waals surface area contributed by atoms with Crippen LogP contribution in [0.2, 0.25) is 10.0 Å². The van der Waals surface area contributed by atoms with Crippen molar-refractivity contribution in [2.45, 2.75) is 6.42 Å². The predicted octanol–water partition coefficient (Wildman–Crippen LogP) is 2.84. The first kappa shape index (κ1) is 16.4. The quantitative estimate of drug-likeness (QED) is 0.816. The van der Waals surface area contributed by atoms with Crippen LogP contribution in [0.4, 0.5) is 10.5 Å². The standard InChI is InChI=1S/C14H19Cl2N3O2/c15-11-2-3-12(16)13(10-11)18-14(20)17-4-1-5-19-6-8-21-9-7-19/h2-3,10H,1,4-9H2,(H2,17,18,20). The van der Waals surface area contributed by atoms with E-state index in [1.54, 1.807) is 18.2 Å². The fraction of sp³-hybridized carbons (Fsp3) is 0.500. The summed E-state index contributed by atoms with van der Waals surface area (Å²) in [7, 11) is 0. The van der Waals surface area contributed by atoms with E-state index in [4.69, 9.17) is 27.9 Å². The van der Waals surface area contributed by atoms with E-state index in [9.17, 15) is 4.79 Å². The van der Waals surface area contributed by atoms with E-state index >= 15 is 0 Å². The summed E-state index contributed by atoms with van der Waals surface area (Å²) in [4.78, 5) is 14.1. The highest BCUT2D eigenvalue weighted by Crippen LogP contribution is 2.25. The lowest BCUT2D eigenvalue weighted by Gasteiger charge is -2.26. The first-order valence-electron chi connectivity index (χ1n) is 6.95. The Kier molecular flexibility index (Phi) is 6.57. The molecule has 1 saturated heterocycles. The molecule has 1 aliphatic heterocycles. The number of urea groups is 1. The monoisotopic (exact) mass is 331 g/mol. The molecule has 2 N–H and O–H groups in total. The molecular weight excluding hydrogens is 313 g/mol. The highest BCUT2D eigenvalue weighted by atomic mass is 35.5. The zero-order chi connectivity index (χ0) is 15.1. The van der Waals surface area contributed by atoms with E-state index in [1.807, 2.05) is 0 Å². The van der Waals surface area contributed by atoms with Crippen molar-refractivity contribution in [3.8, 4) is 0 Å². The van der Waals surface area contributed by atoms with Gasteiger partial charge in [0.15, 0.2) is 0 Å². The molecule has 0 spiro atoms. The van der Waals surface area contributed by atoms with Crippen molar-refractivity contribution in [1.29, 1.82) is 0 Å². The first-order chi connectivity index (χ1) is 10.1. The Hall–Kier alpha value is -1.01. The average Bonchev–Trinajstić information content (AvgIpc) is 2.48. The molecule has 1 fully saturated rings. The number of ether oxygens (including phenoxy) is 1. The van der Waals surface area contributed by atoms with Gasteiger partial charge in [-0.15, -0.1) is 0 Å². The lowest BCUT2D eigenvalue weighted by atomic mass is 10.3. The third-order valence-electron chi connectivity index (χ3n) is 3.22. The molecule has 0 aliphatic carbocycles. The summed E-state index contributed by atoms with van der Waals surface area (Å²) in [6, 6.07) is 4.67. The van der Waals surface area contributed by atoms with Gasteiger partial charge in [0.2, 0.25) is 0 Å². The molecule has 1 aromatic carbocycles. The van der Waals surface area contributed by atoms with E-state index in [0.29, 0.717) is 22.3 Å². The van der Waals surface area contributed by atoms with Gasteiger partial charge in [-0.05, 0) is 31.2 Å². The Balaban J connectivity index is 1.66. The molecule has 2 rings (SSSR count). The molecule has 5 nitrogen and oxygen atoms in total. The van der Waals surface area contributed by atoms with Crippen LogP contribution in [-0.2, 0) is 4.74 Å². The molecule has 2 amide bonds. The van der Waals surface area contributed by atoms with Crippen molar-refractivity contribution in [2.75, 3.05) is 44.7 Å². The zero-order valence-corrected chi connectivity index (χ0v) is 13.2. The summed E-state index contributed by atoms with van der Waals surface area (Å²) in [6.07, 6.45) is 0.900. The molecule has 0 saturated carbocycles. The number of nitrogens with zero attached hydrogens (tertiary/aromatic N) is 1. The second-order valence-corrected chi connectivity index (χ2v) is 5.66. The highest BCUT2D eigenvalue weighted by molar-refractivity contribution is 6.35. The van der Waals surface area contributed by atoms with Crippen LogP contribution in [0, 0.1) is 0 Å². The van der Waals surface area contributed by atoms with Crippen molar-refractivity contribution in [3.63, 3.8) is 0 Å². The summed E-state index contributed by atoms with van der Waals surface area (Å²) in [5.74, 6) is 0. The summed E-state index contributed by atoms with van der Waals surface area (Å²) < 4.78 is 5.29. The van der Waals surface area contributed by atoms with Gasteiger partial charge in [-0.25, -0.2) is 4.79 Å². The number of amides is 2. The molecule has 1 heterocycles. The Morgan fingerprint density at radius 3 is 2.81 bits per heavy atom.